The number of likely N-dealkylation sites (tertiary alicyclic amines) is 1. The van der Waals surface area contributed by atoms with Gasteiger partial charge < -0.3 is 14.6 Å². The minimum absolute atomic E-state index is 0. The van der Waals surface area contributed by atoms with Gasteiger partial charge in [0.15, 0.2) is 5.96 Å². The lowest BCUT2D eigenvalue weighted by atomic mass is 10.0. The van der Waals surface area contributed by atoms with Crippen molar-refractivity contribution in [1.82, 2.24) is 10.2 Å². The Labute approximate surface area is 149 Å². The smallest absolute Gasteiger partial charge is 0.194 e. The van der Waals surface area contributed by atoms with Crippen molar-refractivity contribution in [1.29, 1.82) is 0 Å². The Hall–Kier alpha value is -0.720. The van der Waals surface area contributed by atoms with E-state index in [-0.39, 0.29) is 24.0 Å². The van der Waals surface area contributed by atoms with E-state index >= 15 is 0 Å². The van der Waals surface area contributed by atoms with Gasteiger partial charge in [0, 0.05) is 32.1 Å². The van der Waals surface area contributed by atoms with Crippen LogP contribution in [0, 0.1) is 11.8 Å². The van der Waals surface area contributed by atoms with Gasteiger partial charge in [0.1, 0.15) is 5.76 Å². The molecule has 22 heavy (non-hydrogen) atoms. The molecule has 4 nitrogen and oxygen atoms in total. The predicted molar refractivity (Wildman–Crippen MR) is 98.7 cm³/mol. The van der Waals surface area contributed by atoms with Gasteiger partial charge in [-0.05, 0) is 56.1 Å². The first kappa shape index (κ1) is 16.1. The maximum atomic E-state index is 5.39. The number of hydrogen-bond acceptors (Lipinski definition) is 2. The highest BCUT2D eigenvalue weighted by Crippen LogP contribution is 2.41. The molecule has 5 heteroatoms. The first-order valence-corrected chi connectivity index (χ1v) is 8.47. The van der Waals surface area contributed by atoms with Crippen molar-refractivity contribution >= 4 is 29.9 Å². The summed E-state index contributed by atoms with van der Waals surface area (Å²) in [6.07, 6.45) is 9.51. The second-order valence-corrected chi connectivity index (χ2v) is 6.79. The summed E-state index contributed by atoms with van der Waals surface area (Å²) in [6.45, 7) is 3.21. The lowest BCUT2D eigenvalue weighted by Crippen LogP contribution is -2.41. The second-order valence-electron chi connectivity index (χ2n) is 6.79. The Morgan fingerprint density at radius 2 is 2.09 bits per heavy atom. The average Bonchev–Trinajstić information content (AvgIpc) is 3.41. The molecule has 1 aromatic rings. The fourth-order valence-electron chi connectivity index (χ4n) is 3.31. The van der Waals surface area contributed by atoms with E-state index in [0.29, 0.717) is 6.04 Å². The number of nitrogens with one attached hydrogen (secondary N) is 1. The highest BCUT2D eigenvalue weighted by atomic mass is 127. The van der Waals surface area contributed by atoms with Crippen LogP contribution in [0.25, 0.3) is 0 Å². The number of hydrogen-bond donors (Lipinski definition) is 1. The molecule has 1 unspecified atom stereocenters. The van der Waals surface area contributed by atoms with Crippen molar-refractivity contribution in [2.75, 3.05) is 19.6 Å². The van der Waals surface area contributed by atoms with E-state index in [9.17, 15) is 0 Å². The minimum Gasteiger partial charge on any atom is -0.469 e. The summed E-state index contributed by atoms with van der Waals surface area (Å²) < 4.78 is 5.39. The molecule has 122 valence electrons. The van der Waals surface area contributed by atoms with E-state index in [0.717, 1.165) is 36.5 Å². The molecule has 4 rings (SSSR count). The normalized spacial score (nSPS) is 25.2. The summed E-state index contributed by atoms with van der Waals surface area (Å²) in [7, 11) is 0. The van der Waals surface area contributed by atoms with Gasteiger partial charge in [-0.25, -0.2) is 0 Å². The van der Waals surface area contributed by atoms with Gasteiger partial charge in [0.2, 0.25) is 0 Å². The van der Waals surface area contributed by atoms with Gasteiger partial charge in [0.05, 0.1) is 6.26 Å². The highest BCUT2D eigenvalue weighted by Gasteiger charge is 2.37. The number of halogens is 1. The average molecular weight is 415 g/mol. The molecule has 2 aliphatic carbocycles. The monoisotopic (exact) mass is 415 g/mol. The Morgan fingerprint density at radius 3 is 2.77 bits per heavy atom. The molecule has 3 fully saturated rings. The van der Waals surface area contributed by atoms with Gasteiger partial charge in [-0.3, -0.25) is 4.99 Å². The third kappa shape index (κ3) is 4.18. The fraction of sp³-hybridized carbons (Fsp3) is 0.706. The quantitative estimate of drug-likeness (QED) is 0.456. The molecule has 0 radical (unpaired) electrons. The summed E-state index contributed by atoms with van der Waals surface area (Å²) in [6, 6.07) is 4.65. The summed E-state index contributed by atoms with van der Waals surface area (Å²) >= 11 is 0. The van der Waals surface area contributed by atoms with E-state index in [4.69, 9.17) is 9.41 Å². The molecule has 0 aromatic carbocycles. The number of nitrogens with zero attached hydrogens (tertiary/aromatic N) is 2. The SMILES string of the molecule is I.c1coc(CCN=C(NC2CC2)N2CCC(C3CC3)C2)c1. The highest BCUT2D eigenvalue weighted by molar-refractivity contribution is 14.0. The van der Waals surface area contributed by atoms with Crippen molar-refractivity contribution in [3.63, 3.8) is 0 Å². The predicted octanol–water partition coefficient (Wildman–Crippen LogP) is 3.28. The molecule has 2 heterocycles. The third-order valence-electron chi connectivity index (χ3n) is 4.92. The molecule has 1 aliphatic heterocycles. The second kappa shape index (κ2) is 7.23. The largest absolute Gasteiger partial charge is 0.469 e. The number of furan rings is 1. The van der Waals surface area contributed by atoms with E-state index < -0.39 is 0 Å². The topological polar surface area (TPSA) is 40.8 Å². The van der Waals surface area contributed by atoms with Crippen LogP contribution in [0.4, 0.5) is 0 Å². The van der Waals surface area contributed by atoms with Crippen LogP contribution in [0.2, 0.25) is 0 Å². The summed E-state index contributed by atoms with van der Waals surface area (Å²) in [4.78, 5) is 7.34. The van der Waals surface area contributed by atoms with Crippen LogP contribution in [0.15, 0.2) is 27.8 Å². The van der Waals surface area contributed by atoms with Crippen LogP contribution in [0.1, 0.15) is 37.9 Å². The standard InChI is InChI=1S/C17H25N3O.HI/c1-2-16(21-11-1)7-9-18-17(19-15-5-6-15)20-10-8-14(12-20)13-3-4-13;/h1-2,11,13-15H,3-10,12H2,(H,18,19);1H. The van der Waals surface area contributed by atoms with Crippen LogP contribution in [0.5, 0.6) is 0 Å². The van der Waals surface area contributed by atoms with Crippen LogP contribution in [0.3, 0.4) is 0 Å². The first-order chi connectivity index (χ1) is 10.4. The lowest BCUT2D eigenvalue weighted by molar-refractivity contribution is 0.434. The molecular formula is C17H26IN3O. The Morgan fingerprint density at radius 1 is 1.23 bits per heavy atom. The van der Waals surface area contributed by atoms with Gasteiger partial charge in [-0.1, -0.05) is 0 Å². The zero-order chi connectivity index (χ0) is 14.1. The van der Waals surface area contributed by atoms with Crippen LogP contribution >= 0.6 is 24.0 Å². The first-order valence-electron chi connectivity index (χ1n) is 8.47. The number of aliphatic imine (C=N–C) groups is 1. The van der Waals surface area contributed by atoms with Gasteiger partial charge in [0.25, 0.3) is 0 Å². The molecule has 0 spiro atoms. The molecule has 2 saturated carbocycles. The van der Waals surface area contributed by atoms with Crippen LogP contribution in [-0.4, -0.2) is 36.5 Å². The van der Waals surface area contributed by atoms with Crippen molar-refractivity contribution in [2.24, 2.45) is 16.8 Å². The zero-order valence-corrected chi connectivity index (χ0v) is 15.4. The molecule has 3 aliphatic rings. The summed E-state index contributed by atoms with van der Waals surface area (Å²) in [5.41, 5.74) is 0. The Kier molecular flexibility index (Phi) is 5.31. The van der Waals surface area contributed by atoms with Crippen molar-refractivity contribution in [2.45, 2.75) is 44.6 Å². The van der Waals surface area contributed by atoms with E-state index in [1.807, 2.05) is 12.1 Å². The minimum atomic E-state index is 0. The van der Waals surface area contributed by atoms with E-state index in [1.54, 1.807) is 6.26 Å². The maximum Gasteiger partial charge on any atom is 0.194 e. The summed E-state index contributed by atoms with van der Waals surface area (Å²) in [5, 5.41) is 3.64. The number of guanidine groups is 1. The molecule has 1 aromatic heterocycles. The molecule has 0 bridgehead atoms. The lowest BCUT2D eigenvalue weighted by Gasteiger charge is -2.22. The maximum absolute atomic E-state index is 5.39. The summed E-state index contributed by atoms with van der Waals surface area (Å²) in [5.74, 6) is 4.11. The fourth-order valence-corrected chi connectivity index (χ4v) is 3.31. The van der Waals surface area contributed by atoms with Gasteiger partial charge in [-0.15, -0.1) is 24.0 Å². The van der Waals surface area contributed by atoms with Crippen LogP contribution < -0.4 is 5.32 Å². The molecule has 1 N–H and O–H groups in total. The molecule has 1 atom stereocenters. The van der Waals surface area contributed by atoms with Crippen molar-refractivity contribution in [3.8, 4) is 0 Å². The molecule has 0 amide bonds. The molecular weight excluding hydrogens is 389 g/mol. The zero-order valence-electron chi connectivity index (χ0n) is 13.0. The van der Waals surface area contributed by atoms with E-state index in [1.165, 1.54) is 45.2 Å². The Bertz CT molecular complexity index is 494. The van der Waals surface area contributed by atoms with Crippen molar-refractivity contribution < 1.29 is 4.42 Å². The van der Waals surface area contributed by atoms with Crippen LogP contribution in [-0.2, 0) is 6.42 Å². The Balaban J connectivity index is 0.00000144. The van der Waals surface area contributed by atoms with Crippen molar-refractivity contribution in [3.05, 3.63) is 24.2 Å². The number of rotatable bonds is 5. The molecule has 1 saturated heterocycles. The van der Waals surface area contributed by atoms with E-state index in [2.05, 4.69) is 10.2 Å². The van der Waals surface area contributed by atoms with Gasteiger partial charge >= 0.3 is 0 Å². The van der Waals surface area contributed by atoms with Gasteiger partial charge in [-0.2, -0.15) is 0 Å². The third-order valence-corrected chi connectivity index (χ3v) is 4.92.